The van der Waals surface area contributed by atoms with Crippen LogP contribution in [0.5, 0.6) is 0 Å². The average molecular weight is 244 g/mol. The van der Waals surface area contributed by atoms with E-state index in [4.69, 9.17) is 21.1 Å². The number of hydrogen-bond acceptors (Lipinski definition) is 4. The van der Waals surface area contributed by atoms with Gasteiger partial charge < -0.3 is 9.47 Å². The number of non-ortho nitro benzene ring substituents is 1. The Morgan fingerprint density at radius 3 is 3.00 bits per heavy atom. The smallest absolute Gasteiger partial charge is 0.269 e. The molecule has 0 radical (unpaired) electrons. The van der Waals surface area contributed by atoms with Crippen LogP contribution in [-0.2, 0) is 9.47 Å². The van der Waals surface area contributed by atoms with E-state index < -0.39 is 11.2 Å². The van der Waals surface area contributed by atoms with Crippen LogP contribution >= 0.6 is 11.6 Å². The molecule has 2 atom stereocenters. The normalized spacial score (nSPS) is 24.6. The molecule has 5 nitrogen and oxygen atoms in total. The fraction of sp³-hybridized carbons (Fsp3) is 0.400. The lowest BCUT2D eigenvalue weighted by Gasteiger charge is -2.09. The minimum absolute atomic E-state index is 0.0269. The van der Waals surface area contributed by atoms with Gasteiger partial charge in [-0.15, -0.1) is 11.6 Å². The standard InChI is InChI=1S/C10H10ClNO4/c11-5-9-6-15-10(16-9)7-2-1-3-8(4-7)12(13)14/h1-4,9-10H,5-6H2. The van der Waals surface area contributed by atoms with Crippen molar-refractivity contribution in [3.05, 3.63) is 39.9 Å². The number of halogens is 1. The number of nitro benzene ring substituents is 1. The SMILES string of the molecule is O=[N+]([O-])c1cccc(C2OCC(CCl)O2)c1. The lowest BCUT2D eigenvalue weighted by atomic mass is 10.2. The molecule has 0 aromatic heterocycles. The van der Waals surface area contributed by atoms with Gasteiger partial charge in [-0.2, -0.15) is 0 Å². The molecule has 0 N–H and O–H groups in total. The minimum Gasteiger partial charge on any atom is -0.346 e. The summed E-state index contributed by atoms with van der Waals surface area (Å²) < 4.78 is 10.8. The number of nitro groups is 1. The lowest BCUT2D eigenvalue weighted by molar-refractivity contribution is -0.385. The predicted molar refractivity (Wildman–Crippen MR) is 57.4 cm³/mol. The molecular weight excluding hydrogens is 234 g/mol. The Bertz CT molecular complexity index is 398. The fourth-order valence-corrected chi connectivity index (χ4v) is 1.65. The van der Waals surface area contributed by atoms with Crippen LogP contribution in [0.2, 0.25) is 0 Å². The molecule has 1 aliphatic heterocycles. The molecule has 86 valence electrons. The maximum atomic E-state index is 10.6. The van der Waals surface area contributed by atoms with Crippen LogP contribution < -0.4 is 0 Å². The van der Waals surface area contributed by atoms with E-state index in [1.165, 1.54) is 12.1 Å². The molecule has 0 saturated carbocycles. The number of alkyl halides is 1. The summed E-state index contributed by atoms with van der Waals surface area (Å²) in [6, 6.07) is 6.21. The van der Waals surface area contributed by atoms with Gasteiger partial charge in [0.25, 0.3) is 5.69 Å². The molecule has 1 fully saturated rings. The summed E-state index contributed by atoms with van der Waals surface area (Å²) in [4.78, 5) is 10.1. The van der Waals surface area contributed by atoms with Gasteiger partial charge >= 0.3 is 0 Å². The maximum absolute atomic E-state index is 10.6. The van der Waals surface area contributed by atoms with E-state index in [-0.39, 0.29) is 11.8 Å². The van der Waals surface area contributed by atoms with Crippen LogP contribution in [0.4, 0.5) is 5.69 Å². The minimum atomic E-state index is -0.552. The van der Waals surface area contributed by atoms with E-state index in [2.05, 4.69) is 0 Å². The van der Waals surface area contributed by atoms with Crippen molar-refractivity contribution in [2.24, 2.45) is 0 Å². The number of ether oxygens (including phenoxy) is 2. The van der Waals surface area contributed by atoms with Crippen molar-refractivity contribution < 1.29 is 14.4 Å². The quantitative estimate of drug-likeness (QED) is 0.464. The molecule has 2 unspecified atom stereocenters. The molecule has 1 heterocycles. The number of benzene rings is 1. The highest BCUT2D eigenvalue weighted by Gasteiger charge is 2.27. The van der Waals surface area contributed by atoms with Crippen molar-refractivity contribution in [3.63, 3.8) is 0 Å². The molecule has 0 bridgehead atoms. The molecule has 1 aromatic rings. The summed E-state index contributed by atoms with van der Waals surface area (Å²) in [5.41, 5.74) is 0.667. The van der Waals surface area contributed by atoms with Crippen molar-refractivity contribution in [3.8, 4) is 0 Å². The second-order valence-corrected chi connectivity index (χ2v) is 3.74. The zero-order chi connectivity index (χ0) is 11.5. The van der Waals surface area contributed by atoms with Crippen molar-refractivity contribution in [1.29, 1.82) is 0 Å². The largest absolute Gasteiger partial charge is 0.346 e. The fourth-order valence-electron chi connectivity index (χ4n) is 1.49. The Morgan fingerprint density at radius 1 is 1.56 bits per heavy atom. The summed E-state index contributed by atoms with van der Waals surface area (Å²) in [5, 5.41) is 10.6. The van der Waals surface area contributed by atoms with Crippen molar-refractivity contribution in [1.82, 2.24) is 0 Å². The third-order valence-corrected chi connectivity index (χ3v) is 2.62. The monoisotopic (exact) mass is 243 g/mol. The number of nitrogens with zero attached hydrogens (tertiary/aromatic N) is 1. The summed E-state index contributed by atoms with van der Waals surface area (Å²) in [6.07, 6.45) is -0.699. The highest BCUT2D eigenvalue weighted by Crippen LogP contribution is 2.29. The van der Waals surface area contributed by atoms with Crippen LogP contribution in [0.3, 0.4) is 0 Å². The molecule has 2 rings (SSSR count). The topological polar surface area (TPSA) is 61.6 Å². The van der Waals surface area contributed by atoms with Crippen molar-refractivity contribution in [2.45, 2.75) is 12.4 Å². The van der Waals surface area contributed by atoms with Gasteiger partial charge in [0, 0.05) is 17.7 Å². The summed E-state index contributed by atoms with van der Waals surface area (Å²) in [7, 11) is 0. The van der Waals surface area contributed by atoms with Gasteiger partial charge in [-0.3, -0.25) is 10.1 Å². The Labute approximate surface area is 97.1 Å². The van der Waals surface area contributed by atoms with E-state index in [1.54, 1.807) is 12.1 Å². The summed E-state index contributed by atoms with van der Waals surface area (Å²) >= 11 is 5.63. The van der Waals surface area contributed by atoms with Crippen LogP contribution in [0, 0.1) is 10.1 Å². The molecule has 0 amide bonds. The number of hydrogen-bond donors (Lipinski definition) is 0. The summed E-state index contributed by atoms with van der Waals surface area (Å²) in [5.74, 6) is 0.353. The van der Waals surface area contributed by atoms with E-state index >= 15 is 0 Å². The zero-order valence-corrected chi connectivity index (χ0v) is 9.09. The average Bonchev–Trinajstić information content (AvgIpc) is 2.77. The van der Waals surface area contributed by atoms with E-state index in [9.17, 15) is 10.1 Å². The Kier molecular flexibility index (Phi) is 3.38. The van der Waals surface area contributed by atoms with Gasteiger partial charge in [0.15, 0.2) is 6.29 Å². The van der Waals surface area contributed by atoms with Crippen LogP contribution in [-0.4, -0.2) is 23.5 Å². The first-order valence-electron chi connectivity index (χ1n) is 4.78. The van der Waals surface area contributed by atoms with Crippen molar-refractivity contribution in [2.75, 3.05) is 12.5 Å². The molecular formula is C10H10ClNO4. The lowest BCUT2D eigenvalue weighted by Crippen LogP contribution is -2.10. The van der Waals surface area contributed by atoms with Crippen LogP contribution in [0.25, 0.3) is 0 Å². The first kappa shape index (κ1) is 11.3. The zero-order valence-electron chi connectivity index (χ0n) is 8.34. The van der Waals surface area contributed by atoms with Gasteiger partial charge in [0.05, 0.1) is 23.5 Å². The van der Waals surface area contributed by atoms with Crippen LogP contribution in [0.15, 0.2) is 24.3 Å². The molecule has 1 aliphatic rings. The maximum Gasteiger partial charge on any atom is 0.269 e. The van der Waals surface area contributed by atoms with E-state index in [1.807, 2.05) is 0 Å². The third-order valence-electron chi connectivity index (χ3n) is 2.27. The molecule has 1 saturated heterocycles. The first-order chi connectivity index (χ1) is 7.70. The highest BCUT2D eigenvalue weighted by molar-refractivity contribution is 6.18. The van der Waals surface area contributed by atoms with Gasteiger partial charge in [-0.05, 0) is 0 Å². The summed E-state index contributed by atoms with van der Waals surface area (Å²) in [6.45, 7) is 0.414. The van der Waals surface area contributed by atoms with Gasteiger partial charge in [0.2, 0.25) is 0 Å². The first-order valence-corrected chi connectivity index (χ1v) is 5.31. The third kappa shape index (κ3) is 2.32. The second-order valence-electron chi connectivity index (χ2n) is 3.43. The van der Waals surface area contributed by atoms with Crippen LogP contribution in [0.1, 0.15) is 11.9 Å². The van der Waals surface area contributed by atoms with Gasteiger partial charge in [0.1, 0.15) is 0 Å². The van der Waals surface area contributed by atoms with E-state index in [0.717, 1.165) is 0 Å². The molecule has 1 aromatic carbocycles. The number of rotatable bonds is 3. The highest BCUT2D eigenvalue weighted by atomic mass is 35.5. The van der Waals surface area contributed by atoms with E-state index in [0.29, 0.717) is 18.1 Å². The second kappa shape index (κ2) is 4.78. The Morgan fingerprint density at radius 2 is 2.38 bits per heavy atom. The Balaban J connectivity index is 2.15. The Hall–Kier alpha value is -1.17. The van der Waals surface area contributed by atoms with Gasteiger partial charge in [-0.1, -0.05) is 12.1 Å². The van der Waals surface area contributed by atoms with Crippen molar-refractivity contribution >= 4 is 17.3 Å². The molecule has 16 heavy (non-hydrogen) atoms. The molecule has 0 aliphatic carbocycles. The molecule has 6 heteroatoms. The molecule has 0 spiro atoms. The predicted octanol–water partition coefficient (Wildman–Crippen LogP) is 2.25. The van der Waals surface area contributed by atoms with Gasteiger partial charge in [-0.25, -0.2) is 0 Å².